The minimum absolute atomic E-state index is 0.103. The number of hydrogen-bond acceptors (Lipinski definition) is 4. The third kappa shape index (κ3) is 4.59. The molecule has 0 fully saturated rings. The highest BCUT2D eigenvalue weighted by Crippen LogP contribution is 2.26. The first-order valence-corrected chi connectivity index (χ1v) is 9.96. The Bertz CT molecular complexity index is 952. The maximum atomic E-state index is 13.1. The summed E-state index contributed by atoms with van der Waals surface area (Å²) in [5, 5.41) is 11.6. The van der Waals surface area contributed by atoms with Crippen molar-refractivity contribution in [3.05, 3.63) is 59.9 Å². The summed E-state index contributed by atoms with van der Waals surface area (Å²) in [5.41, 5.74) is 2.77. The summed E-state index contributed by atoms with van der Waals surface area (Å²) in [7, 11) is 1.83. The molecule has 0 saturated carbocycles. The molecule has 1 aromatic heterocycles. The highest BCUT2D eigenvalue weighted by atomic mass is 32.2. The molecule has 0 bridgehead atoms. The smallest absolute Gasteiger partial charge is 0.237 e. The highest BCUT2D eigenvalue weighted by Gasteiger charge is 2.19. The van der Waals surface area contributed by atoms with E-state index in [0.717, 1.165) is 11.3 Å². The summed E-state index contributed by atoms with van der Waals surface area (Å²) in [4.78, 5) is 12.5. The van der Waals surface area contributed by atoms with Gasteiger partial charge >= 0.3 is 0 Å². The molecular weight excluding hydrogens is 375 g/mol. The zero-order valence-electron chi connectivity index (χ0n) is 16.3. The molecule has 0 aliphatic heterocycles. The number of hydrogen-bond donors (Lipinski definition) is 1. The van der Waals surface area contributed by atoms with E-state index >= 15 is 0 Å². The molecule has 1 heterocycles. The van der Waals surface area contributed by atoms with Crippen LogP contribution in [-0.2, 0) is 11.8 Å². The van der Waals surface area contributed by atoms with Gasteiger partial charge in [0.05, 0.1) is 5.25 Å². The van der Waals surface area contributed by atoms with Gasteiger partial charge < -0.3 is 9.88 Å². The van der Waals surface area contributed by atoms with Crippen LogP contribution in [0.5, 0.6) is 0 Å². The van der Waals surface area contributed by atoms with Crippen molar-refractivity contribution in [1.82, 2.24) is 14.8 Å². The minimum atomic E-state index is -0.353. The zero-order chi connectivity index (χ0) is 20.3. The van der Waals surface area contributed by atoms with Gasteiger partial charge in [-0.2, -0.15) is 0 Å². The number of carbonyl (C=O) groups excluding carboxylic acids is 1. The second-order valence-corrected chi connectivity index (χ2v) is 8.21. The van der Waals surface area contributed by atoms with E-state index in [1.807, 2.05) is 38.2 Å². The van der Waals surface area contributed by atoms with Crippen LogP contribution in [0.15, 0.2) is 53.7 Å². The van der Waals surface area contributed by atoms with Gasteiger partial charge in [0.1, 0.15) is 5.82 Å². The number of benzene rings is 2. The molecule has 2 aromatic carbocycles. The molecule has 0 saturated heterocycles. The second kappa shape index (κ2) is 8.56. The van der Waals surface area contributed by atoms with Crippen molar-refractivity contribution < 1.29 is 9.18 Å². The molecule has 1 atom stereocenters. The van der Waals surface area contributed by atoms with Gasteiger partial charge in [-0.3, -0.25) is 4.79 Å². The molecule has 0 spiro atoms. The number of thioether (sulfide) groups is 1. The van der Waals surface area contributed by atoms with Crippen molar-refractivity contribution in [3.63, 3.8) is 0 Å². The average Bonchev–Trinajstić information content (AvgIpc) is 3.03. The molecule has 146 valence electrons. The van der Waals surface area contributed by atoms with Gasteiger partial charge in [0.15, 0.2) is 11.0 Å². The second-order valence-electron chi connectivity index (χ2n) is 6.90. The SMILES string of the molecule is CC(C)c1ccc(NC(=O)[C@@H](C)Sc2nnc(-c3ccc(F)cc3)n2C)cc1. The lowest BCUT2D eigenvalue weighted by Gasteiger charge is -2.12. The normalized spacial score (nSPS) is 12.2. The number of amides is 1. The number of carbonyl (C=O) groups is 1. The lowest BCUT2D eigenvalue weighted by Crippen LogP contribution is -2.22. The standard InChI is InChI=1S/C21H23FN4OS/c1-13(2)15-7-11-18(12-8-15)23-20(27)14(3)28-21-25-24-19(26(21)4)16-5-9-17(22)10-6-16/h5-14H,1-4H3,(H,23,27)/t14-/m1/s1. The van der Waals surface area contributed by atoms with Gasteiger partial charge in [-0.05, 0) is 54.8 Å². The number of halogens is 1. The molecule has 28 heavy (non-hydrogen) atoms. The molecule has 0 unspecified atom stereocenters. The Hall–Kier alpha value is -2.67. The van der Waals surface area contributed by atoms with Gasteiger partial charge in [0, 0.05) is 18.3 Å². The zero-order valence-corrected chi connectivity index (χ0v) is 17.1. The number of aromatic nitrogens is 3. The van der Waals surface area contributed by atoms with E-state index in [0.29, 0.717) is 16.9 Å². The summed E-state index contributed by atoms with van der Waals surface area (Å²) in [6.45, 7) is 6.09. The van der Waals surface area contributed by atoms with Gasteiger partial charge in [0.25, 0.3) is 0 Å². The van der Waals surface area contributed by atoms with Crippen molar-refractivity contribution in [2.24, 2.45) is 7.05 Å². The third-order valence-electron chi connectivity index (χ3n) is 4.43. The van der Waals surface area contributed by atoms with Crippen LogP contribution in [0.2, 0.25) is 0 Å². The molecule has 5 nitrogen and oxygen atoms in total. The Morgan fingerprint density at radius 3 is 2.29 bits per heavy atom. The van der Waals surface area contributed by atoms with Crippen LogP contribution in [0.3, 0.4) is 0 Å². The van der Waals surface area contributed by atoms with E-state index in [9.17, 15) is 9.18 Å². The van der Waals surface area contributed by atoms with Crippen LogP contribution >= 0.6 is 11.8 Å². The number of rotatable bonds is 6. The lowest BCUT2D eigenvalue weighted by molar-refractivity contribution is -0.115. The maximum Gasteiger partial charge on any atom is 0.237 e. The van der Waals surface area contributed by atoms with Crippen LogP contribution in [0.4, 0.5) is 10.1 Å². The fraction of sp³-hybridized carbons (Fsp3) is 0.286. The van der Waals surface area contributed by atoms with Crippen LogP contribution in [-0.4, -0.2) is 25.9 Å². The van der Waals surface area contributed by atoms with Crippen LogP contribution in [0.25, 0.3) is 11.4 Å². The van der Waals surface area contributed by atoms with Crippen LogP contribution in [0, 0.1) is 5.82 Å². The summed E-state index contributed by atoms with van der Waals surface area (Å²) in [6.07, 6.45) is 0. The monoisotopic (exact) mass is 398 g/mol. The van der Waals surface area contributed by atoms with E-state index in [1.165, 1.54) is 29.5 Å². The first-order valence-electron chi connectivity index (χ1n) is 9.08. The van der Waals surface area contributed by atoms with Crippen LogP contribution in [0.1, 0.15) is 32.3 Å². The fourth-order valence-corrected chi connectivity index (χ4v) is 3.49. The van der Waals surface area contributed by atoms with Crippen molar-refractivity contribution in [1.29, 1.82) is 0 Å². The van der Waals surface area contributed by atoms with E-state index in [4.69, 9.17) is 0 Å². The minimum Gasteiger partial charge on any atom is -0.325 e. The predicted octanol–water partition coefficient (Wildman–Crippen LogP) is 4.86. The molecule has 3 aromatic rings. The average molecular weight is 399 g/mol. The molecule has 7 heteroatoms. The Kier molecular flexibility index (Phi) is 6.14. The summed E-state index contributed by atoms with van der Waals surface area (Å²) in [5.74, 6) is 0.672. The van der Waals surface area contributed by atoms with E-state index in [2.05, 4.69) is 29.4 Å². The highest BCUT2D eigenvalue weighted by molar-refractivity contribution is 8.00. The lowest BCUT2D eigenvalue weighted by atomic mass is 10.0. The Labute approximate surface area is 168 Å². The molecule has 3 rings (SSSR count). The molecule has 1 amide bonds. The van der Waals surface area contributed by atoms with E-state index in [-0.39, 0.29) is 17.0 Å². The summed E-state index contributed by atoms with van der Waals surface area (Å²) >= 11 is 1.33. The summed E-state index contributed by atoms with van der Waals surface area (Å²) in [6, 6.07) is 14.0. The van der Waals surface area contributed by atoms with Gasteiger partial charge in [0.2, 0.25) is 5.91 Å². The quantitative estimate of drug-likeness (QED) is 0.602. The van der Waals surface area contributed by atoms with Gasteiger partial charge in [-0.15, -0.1) is 10.2 Å². The molecule has 1 N–H and O–H groups in total. The predicted molar refractivity (Wildman–Crippen MR) is 111 cm³/mol. The van der Waals surface area contributed by atoms with E-state index < -0.39 is 0 Å². The summed E-state index contributed by atoms with van der Waals surface area (Å²) < 4.78 is 14.9. The molecule has 0 aliphatic rings. The van der Waals surface area contributed by atoms with Crippen molar-refractivity contribution >= 4 is 23.4 Å². The van der Waals surface area contributed by atoms with Crippen molar-refractivity contribution in [2.75, 3.05) is 5.32 Å². The third-order valence-corrected chi connectivity index (χ3v) is 5.57. The van der Waals surface area contributed by atoms with Crippen LogP contribution < -0.4 is 5.32 Å². The Balaban J connectivity index is 1.66. The maximum absolute atomic E-state index is 13.1. The number of anilines is 1. The van der Waals surface area contributed by atoms with Crippen molar-refractivity contribution in [3.8, 4) is 11.4 Å². The number of nitrogens with zero attached hydrogens (tertiary/aromatic N) is 3. The topological polar surface area (TPSA) is 59.8 Å². The van der Waals surface area contributed by atoms with E-state index in [1.54, 1.807) is 16.7 Å². The first-order chi connectivity index (χ1) is 13.3. The molecule has 0 radical (unpaired) electrons. The van der Waals surface area contributed by atoms with Gasteiger partial charge in [-0.1, -0.05) is 37.7 Å². The Morgan fingerprint density at radius 1 is 1.04 bits per heavy atom. The van der Waals surface area contributed by atoms with Crippen molar-refractivity contribution in [2.45, 2.75) is 37.1 Å². The first kappa shape index (κ1) is 20.1. The largest absolute Gasteiger partial charge is 0.325 e. The molecule has 0 aliphatic carbocycles. The molecular formula is C21H23FN4OS. The van der Waals surface area contributed by atoms with Gasteiger partial charge in [-0.25, -0.2) is 4.39 Å². The number of nitrogens with one attached hydrogen (secondary N) is 1. The Morgan fingerprint density at radius 2 is 1.68 bits per heavy atom. The fourth-order valence-electron chi connectivity index (χ4n) is 2.67.